The van der Waals surface area contributed by atoms with Gasteiger partial charge in [0.1, 0.15) is 11.3 Å². The first kappa shape index (κ1) is 13.9. The van der Waals surface area contributed by atoms with Gasteiger partial charge < -0.3 is 9.84 Å². The van der Waals surface area contributed by atoms with Gasteiger partial charge in [-0.3, -0.25) is 0 Å². The summed E-state index contributed by atoms with van der Waals surface area (Å²) in [5, 5.41) is 13.8. The SMILES string of the molecule is Cc1nn(-c2ccccc2)c(Oc2ccccc2)c1C(=O)O. The maximum atomic E-state index is 11.5. The Morgan fingerprint density at radius 3 is 2.23 bits per heavy atom. The highest BCUT2D eigenvalue weighted by atomic mass is 16.5. The van der Waals surface area contributed by atoms with Crippen molar-refractivity contribution in [3.8, 4) is 17.3 Å². The van der Waals surface area contributed by atoms with E-state index in [0.717, 1.165) is 5.69 Å². The van der Waals surface area contributed by atoms with E-state index in [4.69, 9.17) is 4.74 Å². The monoisotopic (exact) mass is 294 g/mol. The Bertz CT molecular complexity index is 796. The number of carbonyl (C=O) groups is 1. The molecule has 0 aliphatic carbocycles. The van der Waals surface area contributed by atoms with Crippen molar-refractivity contribution in [2.45, 2.75) is 6.92 Å². The van der Waals surface area contributed by atoms with Gasteiger partial charge >= 0.3 is 5.97 Å². The molecule has 22 heavy (non-hydrogen) atoms. The first-order valence-corrected chi connectivity index (χ1v) is 6.78. The molecule has 110 valence electrons. The highest BCUT2D eigenvalue weighted by Gasteiger charge is 2.24. The van der Waals surface area contributed by atoms with Crippen LogP contribution in [0.15, 0.2) is 60.7 Å². The average Bonchev–Trinajstić information content (AvgIpc) is 2.86. The molecule has 0 aliphatic rings. The lowest BCUT2D eigenvalue weighted by Crippen LogP contribution is -2.03. The van der Waals surface area contributed by atoms with E-state index in [9.17, 15) is 9.90 Å². The van der Waals surface area contributed by atoms with Crippen LogP contribution in [0.25, 0.3) is 5.69 Å². The fraction of sp³-hybridized carbons (Fsp3) is 0.0588. The van der Waals surface area contributed by atoms with Crippen molar-refractivity contribution >= 4 is 5.97 Å². The summed E-state index contributed by atoms with van der Waals surface area (Å²) in [4.78, 5) is 11.5. The van der Waals surface area contributed by atoms with Crippen molar-refractivity contribution in [2.24, 2.45) is 0 Å². The van der Waals surface area contributed by atoms with Crippen LogP contribution in [-0.4, -0.2) is 20.9 Å². The van der Waals surface area contributed by atoms with E-state index < -0.39 is 5.97 Å². The number of rotatable bonds is 4. The van der Waals surface area contributed by atoms with Crippen molar-refractivity contribution in [1.29, 1.82) is 0 Å². The van der Waals surface area contributed by atoms with Gasteiger partial charge in [-0.1, -0.05) is 36.4 Å². The molecule has 0 fully saturated rings. The van der Waals surface area contributed by atoms with E-state index in [1.165, 1.54) is 4.68 Å². The van der Waals surface area contributed by atoms with Gasteiger partial charge in [0.25, 0.3) is 0 Å². The van der Waals surface area contributed by atoms with Gasteiger partial charge in [0.05, 0.1) is 11.4 Å². The van der Waals surface area contributed by atoms with E-state index in [-0.39, 0.29) is 11.4 Å². The molecule has 1 N–H and O–H groups in total. The summed E-state index contributed by atoms with van der Waals surface area (Å²) in [5.74, 6) is -0.310. The third-order valence-electron chi connectivity index (χ3n) is 3.19. The van der Waals surface area contributed by atoms with E-state index >= 15 is 0 Å². The average molecular weight is 294 g/mol. The standard InChI is InChI=1S/C17H14N2O3/c1-12-15(17(20)21)16(22-14-10-6-3-7-11-14)19(18-12)13-8-4-2-5-9-13/h2-11H,1H3,(H,20,21). The summed E-state index contributed by atoms with van der Waals surface area (Å²) >= 11 is 0. The quantitative estimate of drug-likeness (QED) is 0.797. The summed E-state index contributed by atoms with van der Waals surface area (Å²) in [6, 6.07) is 18.3. The third kappa shape index (κ3) is 2.56. The molecule has 0 saturated heterocycles. The minimum Gasteiger partial charge on any atom is -0.477 e. The molecule has 0 radical (unpaired) electrons. The number of para-hydroxylation sites is 2. The number of ether oxygens (including phenoxy) is 1. The number of hydrogen-bond donors (Lipinski definition) is 1. The summed E-state index contributed by atoms with van der Waals surface area (Å²) in [5.41, 5.74) is 1.21. The maximum Gasteiger partial charge on any atom is 0.343 e. The zero-order valence-electron chi connectivity index (χ0n) is 11.9. The van der Waals surface area contributed by atoms with Gasteiger partial charge in [0, 0.05) is 0 Å². The minimum absolute atomic E-state index is 0.0627. The lowest BCUT2D eigenvalue weighted by molar-refractivity contribution is 0.0693. The predicted molar refractivity (Wildman–Crippen MR) is 81.8 cm³/mol. The molecule has 1 heterocycles. The molecule has 2 aromatic carbocycles. The second-order valence-corrected chi connectivity index (χ2v) is 4.73. The van der Waals surface area contributed by atoms with Crippen LogP contribution in [0.5, 0.6) is 11.6 Å². The lowest BCUT2D eigenvalue weighted by Gasteiger charge is -2.09. The number of aryl methyl sites for hydroxylation is 1. The second kappa shape index (κ2) is 5.73. The van der Waals surface area contributed by atoms with Crippen molar-refractivity contribution in [3.63, 3.8) is 0 Å². The molecule has 0 spiro atoms. The summed E-state index contributed by atoms with van der Waals surface area (Å²) in [7, 11) is 0. The second-order valence-electron chi connectivity index (χ2n) is 4.73. The first-order valence-electron chi connectivity index (χ1n) is 6.78. The molecular formula is C17H14N2O3. The van der Waals surface area contributed by atoms with E-state index in [1.807, 2.05) is 48.5 Å². The van der Waals surface area contributed by atoms with E-state index in [1.54, 1.807) is 19.1 Å². The summed E-state index contributed by atoms with van der Waals surface area (Å²) in [6.07, 6.45) is 0. The zero-order valence-corrected chi connectivity index (χ0v) is 11.9. The Morgan fingerprint density at radius 1 is 1.05 bits per heavy atom. The van der Waals surface area contributed by atoms with E-state index in [2.05, 4.69) is 5.10 Å². The first-order chi connectivity index (χ1) is 10.7. The van der Waals surface area contributed by atoms with Crippen LogP contribution < -0.4 is 4.74 Å². The number of hydrogen-bond acceptors (Lipinski definition) is 3. The Balaban J connectivity index is 2.15. The van der Waals surface area contributed by atoms with Crippen LogP contribution in [-0.2, 0) is 0 Å². The van der Waals surface area contributed by atoms with Crippen molar-refractivity contribution < 1.29 is 14.6 Å². The smallest absolute Gasteiger partial charge is 0.343 e. The van der Waals surface area contributed by atoms with Crippen LogP contribution in [0.2, 0.25) is 0 Å². The van der Waals surface area contributed by atoms with Crippen LogP contribution in [0, 0.1) is 6.92 Å². The summed E-state index contributed by atoms with van der Waals surface area (Å²) < 4.78 is 7.30. The largest absolute Gasteiger partial charge is 0.477 e. The van der Waals surface area contributed by atoms with Crippen LogP contribution >= 0.6 is 0 Å². The number of carboxylic acids is 1. The lowest BCUT2D eigenvalue weighted by atomic mass is 10.2. The molecule has 0 unspecified atom stereocenters. The highest BCUT2D eigenvalue weighted by Crippen LogP contribution is 2.30. The number of nitrogens with zero attached hydrogens (tertiary/aromatic N) is 2. The molecule has 0 atom stereocenters. The number of aromatic carboxylic acids is 1. The zero-order chi connectivity index (χ0) is 15.5. The van der Waals surface area contributed by atoms with Crippen LogP contribution in [0.1, 0.15) is 16.1 Å². The maximum absolute atomic E-state index is 11.5. The molecule has 5 heteroatoms. The van der Waals surface area contributed by atoms with Crippen molar-refractivity contribution in [2.75, 3.05) is 0 Å². The highest BCUT2D eigenvalue weighted by molar-refractivity contribution is 5.92. The number of carboxylic acid groups (broad SMARTS) is 1. The fourth-order valence-corrected chi connectivity index (χ4v) is 2.19. The normalized spacial score (nSPS) is 10.4. The Kier molecular flexibility index (Phi) is 3.62. The minimum atomic E-state index is -1.06. The van der Waals surface area contributed by atoms with Crippen LogP contribution in [0.4, 0.5) is 0 Å². The number of aromatic nitrogens is 2. The molecule has 5 nitrogen and oxygen atoms in total. The predicted octanol–water partition coefficient (Wildman–Crippen LogP) is 3.67. The van der Waals surface area contributed by atoms with Gasteiger partial charge in [0.15, 0.2) is 0 Å². The van der Waals surface area contributed by atoms with Gasteiger partial charge in [-0.2, -0.15) is 9.78 Å². The Morgan fingerprint density at radius 2 is 1.64 bits per heavy atom. The van der Waals surface area contributed by atoms with Crippen molar-refractivity contribution in [1.82, 2.24) is 9.78 Å². The molecule has 1 aromatic heterocycles. The van der Waals surface area contributed by atoms with Gasteiger partial charge in [-0.25, -0.2) is 4.79 Å². The number of benzene rings is 2. The fourth-order valence-electron chi connectivity index (χ4n) is 2.19. The molecular weight excluding hydrogens is 280 g/mol. The molecule has 0 saturated carbocycles. The Hall–Kier alpha value is -3.08. The van der Waals surface area contributed by atoms with Gasteiger partial charge in [0.2, 0.25) is 5.88 Å². The molecule has 3 rings (SSSR count). The third-order valence-corrected chi connectivity index (χ3v) is 3.19. The molecule has 3 aromatic rings. The molecule has 0 bridgehead atoms. The molecule has 0 amide bonds. The van der Waals surface area contributed by atoms with Crippen molar-refractivity contribution in [3.05, 3.63) is 71.9 Å². The Labute approximate surface area is 127 Å². The molecule has 0 aliphatic heterocycles. The van der Waals surface area contributed by atoms with Gasteiger partial charge in [-0.05, 0) is 31.2 Å². The summed E-state index contributed by atoms with van der Waals surface area (Å²) in [6.45, 7) is 1.65. The van der Waals surface area contributed by atoms with Gasteiger partial charge in [-0.15, -0.1) is 0 Å². The van der Waals surface area contributed by atoms with E-state index in [0.29, 0.717) is 11.4 Å². The van der Waals surface area contributed by atoms with Crippen LogP contribution in [0.3, 0.4) is 0 Å². The topological polar surface area (TPSA) is 64.4 Å².